The lowest BCUT2D eigenvalue weighted by Crippen LogP contribution is -2.41. The van der Waals surface area contributed by atoms with Crippen LogP contribution in [0.15, 0.2) is 0 Å². The molecule has 0 radical (unpaired) electrons. The van der Waals surface area contributed by atoms with E-state index in [9.17, 15) is 9.59 Å². The number of carboxylic acids is 1. The largest absolute Gasteiger partial charge is 0.481 e. The molecule has 1 fully saturated rings. The maximum Gasteiger partial charge on any atom is 0.319 e. The smallest absolute Gasteiger partial charge is 0.319 e. The molecular weight excluding hydrogens is 234 g/mol. The monoisotopic (exact) mass is 253 g/mol. The van der Waals surface area contributed by atoms with Gasteiger partial charge in [-0.25, -0.2) is 4.79 Å². The SMILES string of the molecule is CC(C#N)CN(C)C(=O)N1C[C@@H](C)[C@H](C(=O)O)C1. The highest BCUT2D eigenvalue weighted by molar-refractivity contribution is 5.77. The van der Waals surface area contributed by atoms with Crippen LogP contribution in [0.3, 0.4) is 0 Å². The minimum atomic E-state index is -0.856. The summed E-state index contributed by atoms with van der Waals surface area (Å²) in [5, 5.41) is 17.7. The summed E-state index contributed by atoms with van der Waals surface area (Å²) in [7, 11) is 1.63. The van der Waals surface area contributed by atoms with E-state index < -0.39 is 11.9 Å². The van der Waals surface area contributed by atoms with E-state index in [1.165, 1.54) is 4.90 Å². The van der Waals surface area contributed by atoms with Crippen molar-refractivity contribution >= 4 is 12.0 Å². The molecule has 1 aliphatic heterocycles. The van der Waals surface area contributed by atoms with E-state index in [0.717, 1.165) is 0 Å². The van der Waals surface area contributed by atoms with Crippen LogP contribution in [0.4, 0.5) is 4.79 Å². The maximum absolute atomic E-state index is 12.1. The second kappa shape index (κ2) is 5.71. The lowest BCUT2D eigenvalue weighted by atomic mass is 9.99. The lowest BCUT2D eigenvalue weighted by Gasteiger charge is -2.25. The molecule has 1 saturated heterocycles. The Morgan fingerprint density at radius 2 is 2.17 bits per heavy atom. The van der Waals surface area contributed by atoms with Crippen molar-refractivity contribution in [3.05, 3.63) is 0 Å². The van der Waals surface area contributed by atoms with E-state index in [1.807, 2.05) is 6.92 Å². The van der Waals surface area contributed by atoms with Gasteiger partial charge in [0.15, 0.2) is 0 Å². The van der Waals surface area contributed by atoms with Crippen LogP contribution in [-0.2, 0) is 4.79 Å². The van der Waals surface area contributed by atoms with Crippen LogP contribution in [-0.4, -0.2) is 53.6 Å². The molecule has 0 aromatic rings. The molecule has 2 amide bonds. The van der Waals surface area contributed by atoms with Crippen molar-refractivity contribution in [1.82, 2.24) is 9.80 Å². The van der Waals surface area contributed by atoms with Gasteiger partial charge in [0.05, 0.1) is 17.9 Å². The first-order valence-electron chi connectivity index (χ1n) is 5.99. The average Bonchev–Trinajstić information content (AvgIpc) is 2.70. The van der Waals surface area contributed by atoms with Crippen molar-refractivity contribution in [2.24, 2.45) is 17.8 Å². The fourth-order valence-electron chi connectivity index (χ4n) is 2.22. The summed E-state index contributed by atoms with van der Waals surface area (Å²) in [6.45, 7) is 4.65. The van der Waals surface area contributed by atoms with Crippen molar-refractivity contribution in [2.45, 2.75) is 13.8 Å². The van der Waals surface area contributed by atoms with Gasteiger partial charge in [-0.05, 0) is 12.8 Å². The van der Waals surface area contributed by atoms with Crippen molar-refractivity contribution < 1.29 is 14.7 Å². The van der Waals surface area contributed by atoms with Gasteiger partial charge in [-0.1, -0.05) is 6.92 Å². The fraction of sp³-hybridized carbons (Fsp3) is 0.750. The normalized spacial score (nSPS) is 24.4. The summed E-state index contributed by atoms with van der Waals surface area (Å²) in [6, 6.07) is 1.87. The highest BCUT2D eigenvalue weighted by Gasteiger charge is 2.37. The minimum absolute atomic E-state index is 0.0340. The Bertz CT molecular complexity index is 377. The van der Waals surface area contributed by atoms with Gasteiger partial charge in [-0.3, -0.25) is 4.79 Å². The standard InChI is InChI=1S/C12H19N3O3/c1-8(4-13)5-14(3)12(18)15-6-9(2)10(7-15)11(16)17/h8-10H,5-7H2,1-3H3,(H,16,17)/t8?,9-,10-/m1/s1. The van der Waals surface area contributed by atoms with Gasteiger partial charge in [-0.2, -0.15) is 5.26 Å². The number of amides is 2. The van der Waals surface area contributed by atoms with Crippen LogP contribution < -0.4 is 0 Å². The van der Waals surface area contributed by atoms with E-state index in [4.69, 9.17) is 10.4 Å². The Kier molecular flexibility index (Phi) is 4.54. The summed E-state index contributed by atoms with van der Waals surface area (Å²) in [5.41, 5.74) is 0. The fourth-order valence-corrected chi connectivity index (χ4v) is 2.22. The van der Waals surface area contributed by atoms with Crippen molar-refractivity contribution in [1.29, 1.82) is 5.26 Å². The molecule has 3 atom stereocenters. The van der Waals surface area contributed by atoms with Crippen LogP contribution in [0.2, 0.25) is 0 Å². The molecule has 0 aromatic heterocycles. The van der Waals surface area contributed by atoms with Gasteiger partial charge in [0, 0.05) is 26.7 Å². The van der Waals surface area contributed by atoms with Crippen molar-refractivity contribution in [3.63, 3.8) is 0 Å². The van der Waals surface area contributed by atoms with Crippen LogP contribution >= 0.6 is 0 Å². The number of nitriles is 1. The van der Waals surface area contributed by atoms with Gasteiger partial charge < -0.3 is 14.9 Å². The van der Waals surface area contributed by atoms with E-state index in [1.54, 1.807) is 18.9 Å². The molecule has 0 bridgehead atoms. The molecule has 100 valence electrons. The average molecular weight is 253 g/mol. The molecule has 0 saturated carbocycles. The van der Waals surface area contributed by atoms with Crippen molar-refractivity contribution in [2.75, 3.05) is 26.7 Å². The van der Waals surface area contributed by atoms with E-state index in [2.05, 4.69) is 6.07 Å². The Hall–Kier alpha value is -1.77. The first-order chi connectivity index (χ1) is 8.36. The number of hydrogen-bond acceptors (Lipinski definition) is 3. The van der Waals surface area contributed by atoms with Gasteiger partial charge >= 0.3 is 12.0 Å². The van der Waals surface area contributed by atoms with Crippen LogP contribution in [0.1, 0.15) is 13.8 Å². The van der Waals surface area contributed by atoms with E-state index in [-0.39, 0.29) is 24.4 Å². The number of carbonyl (C=O) groups excluding carboxylic acids is 1. The van der Waals surface area contributed by atoms with E-state index >= 15 is 0 Å². The molecule has 0 aromatic carbocycles. The molecule has 1 heterocycles. The summed E-state index contributed by atoms with van der Waals surface area (Å²) in [6.07, 6.45) is 0. The molecule has 1 rings (SSSR count). The Balaban J connectivity index is 2.59. The first kappa shape index (κ1) is 14.3. The predicted octanol–water partition coefficient (Wildman–Crippen LogP) is 0.850. The summed E-state index contributed by atoms with van der Waals surface area (Å²) in [4.78, 5) is 26.1. The maximum atomic E-state index is 12.1. The number of likely N-dealkylation sites (tertiary alicyclic amines) is 1. The Labute approximate surface area is 107 Å². The number of carbonyl (C=O) groups is 2. The predicted molar refractivity (Wildman–Crippen MR) is 64.7 cm³/mol. The molecule has 1 aliphatic rings. The highest BCUT2D eigenvalue weighted by Crippen LogP contribution is 2.24. The van der Waals surface area contributed by atoms with E-state index in [0.29, 0.717) is 13.1 Å². The van der Waals surface area contributed by atoms with Crippen LogP contribution in [0.25, 0.3) is 0 Å². The molecule has 0 spiro atoms. The number of hydrogen-bond donors (Lipinski definition) is 1. The third kappa shape index (κ3) is 3.13. The topological polar surface area (TPSA) is 84.6 Å². The Morgan fingerprint density at radius 1 is 1.56 bits per heavy atom. The lowest BCUT2D eigenvalue weighted by molar-refractivity contribution is -0.142. The number of aliphatic carboxylic acids is 1. The molecule has 6 nitrogen and oxygen atoms in total. The summed E-state index contributed by atoms with van der Waals surface area (Å²) < 4.78 is 0. The molecule has 1 unspecified atom stereocenters. The second-order valence-corrected chi connectivity index (χ2v) is 5.02. The van der Waals surface area contributed by atoms with Gasteiger partial charge in [-0.15, -0.1) is 0 Å². The van der Waals surface area contributed by atoms with Crippen LogP contribution in [0, 0.1) is 29.1 Å². The zero-order valence-electron chi connectivity index (χ0n) is 11.0. The number of rotatable bonds is 3. The minimum Gasteiger partial charge on any atom is -0.481 e. The van der Waals surface area contributed by atoms with Gasteiger partial charge in [0.2, 0.25) is 0 Å². The molecule has 6 heteroatoms. The Morgan fingerprint density at radius 3 is 2.61 bits per heavy atom. The summed E-state index contributed by atoms with van der Waals surface area (Å²) in [5.74, 6) is -1.61. The molecular formula is C12H19N3O3. The zero-order valence-corrected chi connectivity index (χ0v) is 11.0. The molecule has 18 heavy (non-hydrogen) atoms. The quantitative estimate of drug-likeness (QED) is 0.808. The molecule has 1 N–H and O–H groups in total. The van der Waals surface area contributed by atoms with Crippen molar-refractivity contribution in [3.8, 4) is 6.07 Å². The van der Waals surface area contributed by atoms with Gasteiger partial charge in [0.25, 0.3) is 0 Å². The second-order valence-electron chi connectivity index (χ2n) is 5.02. The highest BCUT2D eigenvalue weighted by atomic mass is 16.4. The number of nitrogens with zero attached hydrogens (tertiary/aromatic N) is 3. The van der Waals surface area contributed by atoms with Crippen LogP contribution in [0.5, 0.6) is 0 Å². The summed E-state index contributed by atoms with van der Waals surface area (Å²) >= 11 is 0. The number of carboxylic acid groups (broad SMARTS) is 1. The van der Waals surface area contributed by atoms with Gasteiger partial charge in [0.1, 0.15) is 0 Å². The third-order valence-corrected chi connectivity index (χ3v) is 3.29. The molecule has 0 aliphatic carbocycles. The zero-order chi connectivity index (χ0) is 13.9. The third-order valence-electron chi connectivity index (χ3n) is 3.29. The first-order valence-corrected chi connectivity index (χ1v) is 5.99. The number of urea groups is 1.